The maximum atomic E-state index is 13.1. The van der Waals surface area contributed by atoms with E-state index in [0.29, 0.717) is 0 Å². The van der Waals surface area contributed by atoms with Gasteiger partial charge in [-0.2, -0.15) is 4.36 Å². The van der Waals surface area contributed by atoms with Gasteiger partial charge in [0.15, 0.2) is 0 Å². The van der Waals surface area contributed by atoms with Gasteiger partial charge < -0.3 is 0 Å². The number of hydrogen-bond donors (Lipinski definition) is 0. The molecule has 0 spiro atoms. The fraction of sp³-hybridized carbons (Fsp3) is 0.300. The van der Waals surface area contributed by atoms with Gasteiger partial charge in [-0.1, -0.05) is 6.07 Å². The Morgan fingerprint density at radius 2 is 2.00 bits per heavy atom. The molecule has 0 bridgehead atoms. The average Bonchev–Trinajstić information content (AvgIpc) is 2.36. The van der Waals surface area contributed by atoms with Crippen LogP contribution in [0.15, 0.2) is 27.5 Å². The molecule has 0 saturated carbocycles. The highest BCUT2D eigenvalue weighted by atomic mass is 32.2. The van der Waals surface area contributed by atoms with E-state index in [1.54, 1.807) is 0 Å². The van der Waals surface area contributed by atoms with Crippen molar-refractivity contribution in [2.75, 3.05) is 6.26 Å². The molecule has 1 aromatic rings. The third kappa shape index (κ3) is 1.63. The monoisotopic (exact) mass is 245 g/mol. The standard InChI is InChI=1S/C10H9F2NO2S/c1-10(11,12)6-3-4-7-8(5-6)16(2,15)13-9(7)14/h3-5H,1-2H3. The predicted octanol–water partition coefficient (Wildman–Crippen LogP) is 2.41. The molecule has 1 amide bonds. The Bertz CT molecular complexity index is 595. The highest BCUT2D eigenvalue weighted by Gasteiger charge is 2.31. The smallest absolute Gasteiger partial charge is 0.266 e. The van der Waals surface area contributed by atoms with Crippen LogP contribution in [0.5, 0.6) is 0 Å². The summed E-state index contributed by atoms with van der Waals surface area (Å²) in [4.78, 5) is 11.4. The summed E-state index contributed by atoms with van der Waals surface area (Å²) in [6.07, 6.45) is 1.27. The minimum atomic E-state index is -3.02. The van der Waals surface area contributed by atoms with Crippen molar-refractivity contribution in [3.63, 3.8) is 0 Å². The second kappa shape index (κ2) is 3.10. The van der Waals surface area contributed by atoms with E-state index in [1.165, 1.54) is 12.3 Å². The lowest BCUT2D eigenvalue weighted by Crippen LogP contribution is -2.08. The molecule has 1 heterocycles. The number of amides is 1. The second-order valence-corrected chi connectivity index (χ2v) is 6.03. The Kier molecular flexibility index (Phi) is 2.17. The first-order chi connectivity index (χ1) is 7.22. The molecule has 3 nitrogen and oxygen atoms in total. The molecule has 1 aliphatic rings. The minimum absolute atomic E-state index is 0.108. The zero-order chi connectivity index (χ0) is 12.1. The Morgan fingerprint density at radius 3 is 2.56 bits per heavy atom. The van der Waals surface area contributed by atoms with Crippen LogP contribution in [0.2, 0.25) is 0 Å². The van der Waals surface area contributed by atoms with E-state index < -0.39 is 21.6 Å². The number of rotatable bonds is 1. The number of alkyl halides is 2. The van der Waals surface area contributed by atoms with Crippen LogP contribution in [0.25, 0.3) is 0 Å². The zero-order valence-corrected chi connectivity index (χ0v) is 9.48. The van der Waals surface area contributed by atoms with Gasteiger partial charge in [-0.25, -0.2) is 13.0 Å². The average molecular weight is 245 g/mol. The summed E-state index contributed by atoms with van der Waals surface area (Å²) in [5, 5.41) is 0. The fourth-order valence-electron chi connectivity index (χ4n) is 1.54. The normalized spacial score (nSPS) is 24.1. The van der Waals surface area contributed by atoms with Crippen LogP contribution >= 0.6 is 0 Å². The van der Waals surface area contributed by atoms with Crippen molar-refractivity contribution in [3.05, 3.63) is 29.3 Å². The van der Waals surface area contributed by atoms with Crippen molar-refractivity contribution in [2.24, 2.45) is 4.36 Å². The first-order valence-electron chi connectivity index (χ1n) is 4.51. The van der Waals surface area contributed by atoms with Crippen molar-refractivity contribution in [1.29, 1.82) is 0 Å². The van der Waals surface area contributed by atoms with Gasteiger partial charge in [-0.05, 0) is 12.1 Å². The zero-order valence-electron chi connectivity index (χ0n) is 8.66. The molecule has 2 rings (SSSR count). The maximum Gasteiger partial charge on any atom is 0.286 e. The van der Waals surface area contributed by atoms with Crippen LogP contribution in [0.4, 0.5) is 8.78 Å². The molecule has 1 aromatic carbocycles. The Labute approximate surface area is 91.7 Å². The summed E-state index contributed by atoms with van der Waals surface area (Å²) in [6, 6.07) is 3.52. The molecule has 86 valence electrons. The number of benzene rings is 1. The van der Waals surface area contributed by atoms with Crippen LogP contribution in [0, 0.1) is 0 Å². The largest absolute Gasteiger partial charge is 0.286 e. The highest BCUT2D eigenvalue weighted by molar-refractivity contribution is 7.93. The van der Waals surface area contributed by atoms with Crippen molar-refractivity contribution < 1.29 is 17.8 Å². The van der Waals surface area contributed by atoms with E-state index in [1.807, 2.05) is 0 Å². The molecule has 1 unspecified atom stereocenters. The van der Waals surface area contributed by atoms with Gasteiger partial charge in [0, 0.05) is 18.7 Å². The molecule has 6 heteroatoms. The Morgan fingerprint density at radius 1 is 1.38 bits per heavy atom. The summed E-state index contributed by atoms with van der Waals surface area (Å²) in [5.74, 6) is -3.62. The number of nitrogens with zero attached hydrogens (tertiary/aromatic N) is 1. The van der Waals surface area contributed by atoms with Crippen LogP contribution in [0.3, 0.4) is 0 Å². The quantitative estimate of drug-likeness (QED) is 0.762. The van der Waals surface area contributed by atoms with E-state index >= 15 is 0 Å². The maximum absolute atomic E-state index is 13.1. The number of hydrogen-bond acceptors (Lipinski definition) is 2. The molecule has 0 aromatic heterocycles. The Hall–Kier alpha value is -1.30. The number of halogens is 2. The van der Waals surface area contributed by atoms with Crippen LogP contribution in [-0.4, -0.2) is 16.4 Å². The first kappa shape index (κ1) is 11.2. The van der Waals surface area contributed by atoms with Gasteiger partial charge in [-0.3, -0.25) is 4.79 Å². The fourth-order valence-corrected chi connectivity index (χ4v) is 2.96. The van der Waals surface area contributed by atoms with Crippen LogP contribution in [-0.2, 0) is 15.7 Å². The van der Waals surface area contributed by atoms with Crippen LogP contribution < -0.4 is 0 Å². The molecule has 0 radical (unpaired) electrons. The Balaban J connectivity index is 2.70. The topological polar surface area (TPSA) is 46.5 Å². The molecule has 0 fully saturated rings. The lowest BCUT2D eigenvalue weighted by atomic mass is 10.1. The van der Waals surface area contributed by atoms with Gasteiger partial charge in [0.25, 0.3) is 11.8 Å². The highest BCUT2D eigenvalue weighted by Crippen LogP contribution is 2.33. The summed E-state index contributed by atoms with van der Waals surface area (Å²) in [6.45, 7) is 0.750. The van der Waals surface area contributed by atoms with Gasteiger partial charge in [0.1, 0.15) is 0 Å². The second-order valence-electron chi connectivity index (χ2n) is 3.80. The lowest BCUT2D eigenvalue weighted by Gasteiger charge is -2.11. The minimum Gasteiger partial charge on any atom is -0.266 e. The first-order valence-corrected chi connectivity index (χ1v) is 6.43. The molecule has 16 heavy (non-hydrogen) atoms. The number of carbonyl (C=O) groups excluding carboxylic acids is 1. The van der Waals surface area contributed by atoms with Crippen molar-refractivity contribution in [1.82, 2.24) is 0 Å². The molecular formula is C10H9F2NO2S. The summed E-state index contributed by atoms with van der Waals surface area (Å²) < 4.78 is 41.4. The van der Waals surface area contributed by atoms with Gasteiger partial charge in [0.05, 0.1) is 20.2 Å². The third-order valence-electron chi connectivity index (χ3n) is 2.38. The van der Waals surface area contributed by atoms with E-state index in [-0.39, 0.29) is 16.0 Å². The summed E-state index contributed by atoms with van der Waals surface area (Å²) in [5.41, 5.74) is -0.105. The van der Waals surface area contributed by atoms with Gasteiger partial charge in [0.2, 0.25) is 0 Å². The van der Waals surface area contributed by atoms with E-state index in [0.717, 1.165) is 19.1 Å². The van der Waals surface area contributed by atoms with Gasteiger partial charge in [-0.15, -0.1) is 0 Å². The number of carbonyl (C=O) groups is 1. The van der Waals surface area contributed by atoms with Gasteiger partial charge >= 0.3 is 0 Å². The van der Waals surface area contributed by atoms with Crippen molar-refractivity contribution in [2.45, 2.75) is 17.7 Å². The molecule has 0 N–H and O–H groups in total. The summed E-state index contributed by atoms with van der Waals surface area (Å²) >= 11 is 0. The molecule has 0 aliphatic carbocycles. The molecule has 1 atom stereocenters. The molecule has 1 aliphatic heterocycles. The molecular weight excluding hydrogens is 236 g/mol. The van der Waals surface area contributed by atoms with E-state index in [2.05, 4.69) is 4.36 Å². The van der Waals surface area contributed by atoms with Crippen molar-refractivity contribution in [3.8, 4) is 0 Å². The SMILES string of the molecule is CC(F)(F)c1ccc2c(c1)S(C)(=O)=NC2=O. The third-order valence-corrected chi connectivity index (χ3v) is 4.05. The lowest BCUT2D eigenvalue weighted by molar-refractivity contribution is 0.0172. The van der Waals surface area contributed by atoms with E-state index in [4.69, 9.17) is 0 Å². The molecule has 0 saturated heterocycles. The van der Waals surface area contributed by atoms with E-state index in [9.17, 15) is 17.8 Å². The number of fused-ring (bicyclic) bond motifs is 1. The van der Waals surface area contributed by atoms with Crippen molar-refractivity contribution >= 4 is 15.6 Å². The van der Waals surface area contributed by atoms with Crippen LogP contribution in [0.1, 0.15) is 22.8 Å². The predicted molar refractivity (Wildman–Crippen MR) is 55.1 cm³/mol. The summed E-state index contributed by atoms with van der Waals surface area (Å²) in [7, 11) is -2.85.